The summed E-state index contributed by atoms with van der Waals surface area (Å²) >= 11 is 1.28. The number of carboxylic acid groups (broad SMARTS) is 1. The molecule has 10 heteroatoms. The summed E-state index contributed by atoms with van der Waals surface area (Å²) in [7, 11) is 0. The number of thiazole rings is 1. The second-order valence-corrected chi connectivity index (χ2v) is 8.24. The van der Waals surface area contributed by atoms with Crippen LogP contribution in [0.25, 0.3) is 0 Å². The maximum atomic E-state index is 12.4. The highest BCUT2D eigenvalue weighted by Crippen LogP contribution is 2.27. The number of anilines is 2. The van der Waals surface area contributed by atoms with E-state index in [0.717, 1.165) is 10.4 Å². The van der Waals surface area contributed by atoms with Crippen molar-refractivity contribution in [2.24, 2.45) is 5.92 Å². The molecular formula is C20H23N5O4S. The van der Waals surface area contributed by atoms with E-state index in [9.17, 15) is 9.59 Å². The summed E-state index contributed by atoms with van der Waals surface area (Å²) in [4.78, 5) is 35.1. The van der Waals surface area contributed by atoms with Crippen LogP contribution in [0.15, 0.2) is 30.6 Å². The van der Waals surface area contributed by atoms with Gasteiger partial charge in [-0.2, -0.15) is 0 Å². The van der Waals surface area contributed by atoms with Crippen molar-refractivity contribution in [1.29, 1.82) is 0 Å². The van der Waals surface area contributed by atoms with Gasteiger partial charge in [-0.25, -0.2) is 19.6 Å². The number of rotatable bonds is 8. The molecule has 0 saturated carbocycles. The number of urea groups is 1. The van der Waals surface area contributed by atoms with E-state index in [0.29, 0.717) is 41.3 Å². The van der Waals surface area contributed by atoms with E-state index < -0.39 is 12.0 Å². The van der Waals surface area contributed by atoms with Crippen molar-refractivity contribution >= 4 is 34.2 Å². The molecule has 30 heavy (non-hydrogen) atoms. The molecule has 2 amide bonds. The highest BCUT2D eigenvalue weighted by atomic mass is 32.1. The Kier molecular flexibility index (Phi) is 6.68. The topological polar surface area (TPSA) is 129 Å². The van der Waals surface area contributed by atoms with Crippen molar-refractivity contribution in [1.82, 2.24) is 15.0 Å². The maximum Gasteiger partial charge on any atom is 0.356 e. The van der Waals surface area contributed by atoms with E-state index in [1.807, 2.05) is 19.1 Å². The molecule has 0 saturated heterocycles. The van der Waals surface area contributed by atoms with Gasteiger partial charge in [-0.1, -0.05) is 19.9 Å². The molecule has 0 unspecified atom stereocenters. The van der Waals surface area contributed by atoms with Crippen molar-refractivity contribution in [3.63, 3.8) is 0 Å². The van der Waals surface area contributed by atoms with Crippen LogP contribution in [0, 0.1) is 12.8 Å². The fourth-order valence-electron chi connectivity index (χ4n) is 2.53. The Balaban J connectivity index is 1.61. The lowest BCUT2D eigenvalue weighted by Crippen LogP contribution is -2.20. The Bertz CT molecular complexity index is 1040. The molecule has 3 rings (SSSR count). The van der Waals surface area contributed by atoms with Crippen LogP contribution in [-0.2, 0) is 6.42 Å². The molecule has 0 fully saturated rings. The molecule has 0 aliphatic heterocycles. The molecule has 3 aromatic rings. The zero-order valence-electron chi connectivity index (χ0n) is 16.9. The summed E-state index contributed by atoms with van der Waals surface area (Å²) < 4.78 is 5.81. The number of carbonyl (C=O) groups excluding carboxylic acids is 1. The Morgan fingerprint density at radius 2 is 2.10 bits per heavy atom. The molecule has 0 atom stereocenters. The van der Waals surface area contributed by atoms with E-state index in [2.05, 4.69) is 39.4 Å². The van der Waals surface area contributed by atoms with Gasteiger partial charge in [0, 0.05) is 23.7 Å². The number of carbonyl (C=O) groups is 2. The molecule has 2 aromatic heterocycles. The first-order valence-electron chi connectivity index (χ1n) is 9.34. The Hall–Kier alpha value is -3.40. The van der Waals surface area contributed by atoms with E-state index >= 15 is 0 Å². The number of benzene rings is 1. The lowest BCUT2D eigenvalue weighted by atomic mass is 10.2. The highest BCUT2D eigenvalue weighted by molar-refractivity contribution is 7.15. The van der Waals surface area contributed by atoms with E-state index in [1.54, 1.807) is 12.3 Å². The van der Waals surface area contributed by atoms with Gasteiger partial charge in [0.2, 0.25) is 0 Å². The maximum absolute atomic E-state index is 12.4. The van der Waals surface area contributed by atoms with Crippen LogP contribution in [0.2, 0.25) is 0 Å². The summed E-state index contributed by atoms with van der Waals surface area (Å²) in [6.45, 7) is 6.62. The molecule has 4 N–H and O–H groups in total. The molecule has 0 aliphatic rings. The second-order valence-electron chi connectivity index (χ2n) is 7.13. The average molecular weight is 430 g/mol. The van der Waals surface area contributed by atoms with E-state index in [-0.39, 0.29) is 5.69 Å². The molecule has 0 aliphatic carbocycles. The van der Waals surface area contributed by atoms with Gasteiger partial charge in [0.15, 0.2) is 10.8 Å². The molecule has 158 valence electrons. The minimum Gasteiger partial charge on any atom is -0.491 e. The smallest absolute Gasteiger partial charge is 0.356 e. The molecular weight excluding hydrogens is 406 g/mol. The largest absolute Gasteiger partial charge is 0.491 e. The minimum absolute atomic E-state index is 0.0409. The van der Waals surface area contributed by atoms with Gasteiger partial charge in [0.05, 0.1) is 12.3 Å². The number of nitrogens with one attached hydrogen (secondary N) is 3. The number of amides is 2. The normalized spacial score (nSPS) is 10.8. The molecule has 9 nitrogen and oxygen atoms in total. The quantitative estimate of drug-likeness (QED) is 0.426. The van der Waals surface area contributed by atoms with Gasteiger partial charge in [-0.15, -0.1) is 11.3 Å². The molecule has 0 bridgehead atoms. The van der Waals surface area contributed by atoms with Crippen molar-refractivity contribution in [2.45, 2.75) is 27.2 Å². The van der Waals surface area contributed by atoms with Gasteiger partial charge in [0.1, 0.15) is 11.6 Å². The van der Waals surface area contributed by atoms with Gasteiger partial charge in [0.25, 0.3) is 0 Å². The zero-order valence-corrected chi connectivity index (χ0v) is 17.7. The number of imidazole rings is 1. The second kappa shape index (κ2) is 9.40. The lowest BCUT2D eigenvalue weighted by Gasteiger charge is -2.14. The predicted molar refractivity (Wildman–Crippen MR) is 115 cm³/mol. The minimum atomic E-state index is -1.09. The van der Waals surface area contributed by atoms with Crippen LogP contribution >= 0.6 is 11.3 Å². The number of nitrogens with zero attached hydrogens (tertiary/aromatic N) is 2. The molecule has 0 radical (unpaired) electrons. The summed E-state index contributed by atoms with van der Waals surface area (Å²) in [5.74, 6) is 0.403. The third kappa shape index (κ3) is 5.80. The third-order valence-corrected chi connectivity index (χ3v) is 4.84. The summed E-state index contributed by atoms with van der Waals surface area (Å²) in [6, 6.07) is 5.15. The fourth-order valence-corrected chi connectivity index (χ4v) is 3.34. The number of ether oxygens (including phenoxy) is 1. The standard InChI is InChI=1S/C20H23N5O4S/c1-11(2)10-29-16-6-12(3)4-5-14(16)24-19(28)25-20-22-8-13(30-20)7-17-21-9-15(23-17)18(26)27/h4-6,8-9,11H,7,10H2,1-3H3,(H,21,23)(H,26,27)(H2,22,24,25,28). The molecule has 1 aromatic carbocycles. The monoisotopic (exact) mass is 429 g/mol. The highest BCUT2D eigenvalue weighted by Gasteiger charge is 2.13. The predicted octanol–water partition coefficient (Wildman–Crippen LogP) is 4.14. The van der Waals surface area contributed by atoms with Crippen LogP contribution in [0.4, 0.5) is 15.6 Å². The summed E-state index contributed by atoms with van der Waals surface area (Å²) in [6.07, 6.45) is 3.34. The number of H-pyrrole nitrogens is 1. The number of hydrogen-bond donors (Lipinski definition) is 4. The first-order chi connectivity index (χ1) is 14.3. The summed E-state index contributed by atoms with van der Waals surface area (Å²) in [5, 5.41) is 14.8. The van der Waals surface area contributed by atoms with Gasteiger partial charge in [-0.3, -0.25) is 5.32 Å². The van der Waals surface area contributed by atoms with Gasteiger partial charge >= 0.3 is 12.0 Å². The van der Waals surface area contributed by atoms with Crippen LogP contribution in [0.1, 0.15) is 40.6 Å². The van der Waals surface area contributed by atoms with Crippen LogP contribution < -0.4 is 15.4 Å². The van der Waals surface area contributed by atoms with E-state index in [4.69, 9.17) is 9.84 Å². The number of hydrogen-bond acceptors (Lipinski definition) is 6. The van der Waals surface area contributed by atoms with Crippen molar-refractivity contribution in [3.05, 3.63) is 52.6 Å². The van der Waals surface area contributed by atoms with Crippen molar-refractivity contribution in [3.8, 4) is 5.75 Å². The van der Waals surface area contributed by atoms with E-state index in [1.165, 1.54) is 17.5 Å². The number of aryl methyl sites for hydroxylation is 1. The number of carboxylic acids is 1. The Labute approximate surface area is 177 Å². The molecule has 0 spiro atoms. The first kappa shape index (κ1) is 21.3. The number of aromatic amines is 1. The van der Waals surface area contributed by atoms with Crippen LogP contribution in [-0.4, -0.2) is 38.7 Å². The summed E-state index contributed by atoms with van der Waals surface area (Å²) in [5.41, 5.74) is 1.57. The first-order valence-corrected chi connectivity index (χ1v) is 10.2. The van der Waals surface area contributed by atoms with Crippen LogP contribution in [0.3, 0.4) is 0 Å². The SMILES string of the molecule is Cc1ccc(NC(=O)Nc2ncc(Cc3nc(C(=O)O)c[nH]3)s2)c(OCC(C)C)c1. The number of aromatic nitrogens is 3. The van der Waals surface area contributed by atoms with Crippen molar-refractivity contribution in [2.75, 3.05) is 17.2 Å². The zero-order chi connectivity index (χ0) is 21.7. The lowest BCUT2D eigenvalue weighted by molar-refractivity contribution is 0.0691. The van der Waals surface area contributed by atoms with Gasteiger partial charge in [-0.05, 0) is 30.5 Å². The molecule has 2 heterocycles. The fraction of sp³-hybridized carbons (Fsp3) is 0.300. The number of aromatic carboxylic acids is 1. The van der Waals surface area contributed by atoms with Gasteiger partial charge < -0.3 is 20.1 Å². The average Bonchev–Trinajstić information content (AvgIpc) is 3.32. The third-order valence-electron chi connectivity index (χ3n) is 3.92. The Morgan fingerprint density at radius 3 is 2.80 bits per heavy atom. The van der Waals surface area contributed by atoms with Crippen LogP contribution in [0.5, 0.6) is 5.75 Å². The van der Waals surface area contributed by atoms with Crippen molar-refractivity contribution < 1.29 is 19.4 Å². The Morgan fingerprint density at radius 1 is 1.30 bits per heavy atom.